The molecule has 1 aromatic rings. The summed E-state index contributed by atoms with van der Waals surface area (Å²) in [7, 11) is 1.63. The van der Waals surface area contributed by atoms with E-state index in [1.165, 1.54) is 6.07 Å². The van der Waals surface area contributed by atoms with Crippen LogP contribution in [0.15, 0.2) is 18.2 Å². The number of carbonyl (C=O) groups excluding carboxylic acids is 1. The van der Waals surface area contributed by atoms with Crippen LogP contribution in [0.3, 0.4) is 0 Å². The zero-order chi connectivity index (χ0) is 11.4. The number of halogens is 2. The molecule has 1 N–H and O–H groups in total. The molecule has 1 atom stereocenters. The lowest BCUT2D eigenvalue weighted by Gasteiger charge is -2.12. The molecule has 0 heterocycles. The van der Waals surface area contributed by atoms with Crippen molar-refractivity contribution >= 4 is 5.78 Å². The Balaban J connectivity index is 3.00. The van der Waals surface area contributed by atoms with Gasteiger partial charge in [-0.1, -0.05) is 6.92 Å². The second kappa shape index (κ2) is 4.98. The third-order valence-corrected chi connectivity index (χ3v) is 2.27. The summed E-state index contributed by atoms with van der Waals surface area (Å²) in [5.41, 5.74) is -0.0717. The van der Waals surface area contributed by atoms with Crippen LogP contribution in [0.4, 0.5) is 8.78 Å². The molecule has 0 saturated carbocycles. The molecule has 4 heteroatoms. The maximum atomic E-state index is 13.2. The van der Waals surface area contributed by atoms with E-state index in [2.05, 4.69) is 5.32 Å². The van der Waals surface area contributed by atoms with Crippen molar-refractivity contribution in [3.8, 4) is 0 Å². The summed E-state index contributed by atoms with van der Waals surface area (Å²) < 4.78 is 25.9. The number of benzene rings is 1. The van der Waals surface area contributed by atoms with Crippen molar-refractivity contribution in [2.45, 2.75) is 19.4 Å². The number of likely N-dealkylation sites (N-methyl/N-ethyl adjacent to an activating group) is 1. The van der Waals surface area contributed by atoms with Crippen molar-refractivity contribution in [1.82, 2.24) is 5.32 Å². The zero-order valence-corrected chi connectivity index (χ0v) is 8.68. The topological polar surface area (TPSA) is 29.1 Å². The van der Waals surface area contributed by atoms with Crippen molar-refractivity contribution < 1.29 is 13.6 Å². The Morgan fingerprint density at radius 2 is 2.13 bits per heavy atom. The molecule has 1 aromatic carbocycles. The van der Waals surface area contributed by atoms with Crippen LogP contribution in [-0.2, 0) is 0 Å². The lowest BCUT2D eigenvalue weighted by molar-refractivity contribution is 0.0941. The number of hydrogen-bond donors (Lipinski definition) is 1. The van der Waals surface area contributed by atoms with Gasteiger partial charge in [-0.05, 0) is 25.6 Å². The Morgan fingerprint density at radius 3 is 2.60 bits per heavy atom. The summed E-state index contributed by atoms with van der Waals surface area (Å²) in [5.74, 6) is -1.84. The van der Waals surface area contributed by atoms with E-state index in [0.29, 0.717) is 6.42 Å². The van der Waals surface area contributed by atoms with Crippen LogP contribution >= 0.6 is 0 Å². The molecule has 2 nitrogen and oxygen atoms in total. The Morgan fingerprint density at radius 1 is 1.47 bits per heavy atom. The van der Waals surface area contributed by atoms with Crippen molar-refractivity contribution in [2.75, 3.05) is 7.05 Å². The van der Waals surface area contributed by atoms with E-state index in [4.69, 9.17) is 0 Å². The molecular weight excluding hydrogens is 200 g/mol. The summed E-state index contributed by atoms with van der Waals surface area (Å²) >= 11 is 0. The quantitative estimate of drug-likeness (QED) is 0.776. The summed E-state index contributed by atoms with van der Waals surface area (Å²) in [6.07, 6.45) is 0.562. The summed E-state index contributed by atoms with van der Waals surface area (Å²) in [5, 5.41) is 2.78. The number of Topliss-reactive ketones (excluding diaryl/α,β-unsaturated/α-hetero) is 1. The van der Waals surface area contributed by atoms with Crippen LogP contribution in [0.5, 0.6) is 0 Å². The second-order valence-electron chi connectivity index (χ2n) is 3.24. The number of ketones is 1. The van der Waals surface area contributed by atoms with Gasteiger partial charge < -0.3 is 5.32 Å². The third kappa shape index (κ3) is 2.59. The molecule has 1 rings (SSSR count). The summed E-state index contributed by atoms with van der Waals surface area (Å²) in [6, 6.07) is 2.55. The van der Waals surface area contributed by atoms with Crippen molar-refractivity contribution in [2.24, 2.45) is 0 Å². The van der Waals surface area contributed by atoms with Gasteiger partial charge in [0.1, 0.15) is 11.6 Å². The highest BCUT2D eigenvalue weighted by molar-refractivity contribution is 6.00. The number of carbonyl (C=O) groups is 1. The first-order chi connectivity index (χ1) is 7.10. The lowest BCUT2D eigenvalue weighted by atomic mass is 10.0. The smallest absolute Gasteiger partial charge is 0.182 e. The first-order valence-electron chi connectivity index (χ1n) is 4.76. The van der Waals surface area contributed by atoms with Gasteiger partial charge in [0.15, 0.2) is 5.78 Å². The molecule has 1 unspecified atom stereocenters. The number of rotatable bonds is 4. The van der Waals surface area contributed by atoms with E-state index < -0.39 is 17.7 Å². The standard InChI is InChI=1S/C11H13F2NO/c1-3-10(14-2)11(15)8-5-4-7(12)6-9(8)13/h4-6,10,14H,3H2,1-2H3. The third-order valence-electron chi connectivity index (χ3n) is 2.27. The van der Waals surface area contributed by atoms with Gasteiger partial charge in [-0.15, -0.1) is 0 Å². The van der Waals surface area contributed by atoms with Crippen molar-refractivity contribution in [3.63, 3.8) is 0 Å². The van der Waals surface area contributed by atoms with Crippen molar-refractivity contribution in [3.05, 3.63) is 35.4 Å². The molecule has 82 valence electrons. The van der Waals surface area contributed by atoms with E-state index in [-0.39, 0.29) is 11.3 Å². The maximum Gasteiger partial charge on any atom is 0.182 e. The van der Waals surface area contributed by atoms with Crippen LogP contribution in [0, 0.1) is 11.6 Å². The molecular formula is C11H13F2NO. The summed E-state index contributed by atoms with van der Waals surface area (Å²) in [6.45, 7) is 1.82. The minimum Gasteiger partial charge on any atom is -0.310 e. The zero-order valence-electron chi connectivity index (χ0n) is 8.68. The van der Waals surface area contributed by atoms with E-state index in [0.717, 1.165) is 12.1 Å². The molecule has 0 bridgehead atoms. The van der Waals surface area contributed by atoms with E-state index in [1.807, 2.05) is 6.92 Å². The average Bonchev–Trinajstić information content (AvgIpc) is 2.19. The first kappa shape index (κ1) is 11.8. The van der Waals surface area contributed by atoms with Crippen LogP contribution in [0.2, 0.25) is 0 Å². The second-order valence-corrected chi connectivity index (χ2v) is 3.24. The van der Waals surface area contributed by atoms with Crippen LogP contribution < -0.4 is 5.32 Å². The highest BCUT2D eigenvalue weighted by Gasteiger charge is 2.19. The number of hydrogen-bond acceptors (Lipinski definition) is 2. The minimum atomic E-state index is -0.811. The SMILES string of the molecule is CCC(NC)C(=O)c1ccc(F)cc1F. The minimum absolute atomic E-state index is 0.0717. The predicted octanol–water partition coefficient (Wildman–Crippen LogP) is 2.15. The fraction of sp³-hybridized carbons (Fsp3) is 0.364. The fourth-order valence-corrected chi connectivity index (χ4v) is 1.40. The Kier molecular flexibility index (Phi) is 3.91. The van der Waals surface area contributed by atoms with E-state index >= 15 is 0 Å². The van der Waals surface area contributed by atoms with Crippen molar-refractivity contribution in [1.29, 1.82) is 0 Å². The Bertz CT molecular complexity index is 362. The normalized spacial score (nSPS) is 12.5. The van der Waals surface area contributed by atoms with Gasteiger partial charge in [-0.3, -0.25) is 4.79 Å². The Labute approximate surface area is 87.3 Å². The van der Waals surface area contributed by atoms with Gasteiger partial charge in [-0.25, -0.2) is 8.78 Å². The van der Waals surface area contributed by atoms with Gasteiger partial charge in [0, 0.05) is 6.07 Å². The summed E-state index contributed by atoms with van der Waals surface area (Å²) in [4.78, 5) is 11.7. The lowest BCUT2D eigenvalue weighted by Crippen LogP contribution is -2.33. The molecule has 15 heavy (non-hydrogen) atoms. The van der Waals surface area contributed by atoms with Crippen LogP contribution in [-0.4, -0.2) is 18.9 Å². The molecule has 0 aliphatic rings. The largest absolute Gasteiger partial charge is 0.310 e. The molecule has 0 radical (unpaired) electrons. The number of nitrogens with one attached hydrogen (secondary N) is 1. The van der Waals surface area contributed by atoms with E-state index in [1.54, 1.807) is 7.05 Å². The van der Waals surface area contributed by atoms with Gasteiger partial charge >= 0.3 is 0 Å². The fourth-order valence-electron chi connectivity index (χ4n) is 1.40. The van der Waals surface area contributed by atoms with Crippen LogP contribution in [0.25, 0.3) is 0 Å². The van der Waals surface area contributed by atoms with Gasteiger partial charge in [0.05, 0.1) is 11.6 Å². The van der Waals surface area contributed by atoms with E-state index in [9.17, 15) is 13.6 Å². The molecule has 0 saturated heterocycles. The van der Waals surface area contributed by atoms with Gasteiger partial charge in [-0.2, -0.15) is 0 Å². The molecule has 0 aromatic heterocycles. The molecule has 0 fully saturated rings. The predicted molar refractivity (Wildman–Crippen MR) is 53.8 cm³/mol. The van der Waals surface area contributed by atoms with Gasteiger partial charge in [0.25, 0.3) is 0 Å². The molecule has 0 spiro atoms. The molecule has 0 aliphatic carbocycles. The molecule has 0 aliphatic heterocycles. The maximum absolute atomic E-state index is 13.2. The highest BCUT2D eigenvalue weighted by Crippen LogP contribution is 2.12. The first-order valence-corrected chi connectivity index (χ1v) is 4.76. The molecule has 0 amide bonds. The average molecular weight is 213 g/mol. The Hall–Kier alpha value is -1.29. The monoisotopic (exact) mass is 213 g/mol. The van der Waals surface area contributed by atoms with Crippen LogP contribution in [0.1, 0.15) is 23.7 Å². The highest BCUT2D eigenvalue weighted by atomic mass is 19.1. The van der Waals surface area contributed by atoms with Gasteiger partial charge in [0.2, 0.25) is 0 Å².